The van der Waals surface area contributed by atoms with E-state index < -0.39 is 10.0 Å². The van der Waals surface area contributed by atoms with E-state index in [1.807, 2.05) is 13.8 Å². The predicted molar refractivity (Wildman–Crippen MR) is 89.7 cm³/mol. The zero-order chi connectivity index (χ0) is 16.3. The number of halogens is 1. The van der Waals surface area contributed by atoms with Crippen molar-refractivity contribution in [1.29, 1.82) is 0 Å². The Morgan fingerprint density at radius 3 is 2.41 bits per heavy atom. The molecule has 7 heteroatoms. The minimum Gasteiger partial charge on any atom is -0.491 e. The number of anilines is 1. The molecule has 1 heterocycles. The van der Waals surface area contributed by atoms with Crippen LogP contribution in [0.1, 0.15) is 19.4 Å². The molecule has 22 heavy (non-hydrogen) atoms. The second-order valence-corrected chi connectivity index (χ2v) is 7.66. The number of aryl methyl sites for hydroxylation is 1. The molecule has 0 bridgehead atoms. The maximum Gasteiger partial charge on any atom is 0.263 e. The van der Waals surface area contributed by atoms with E-state index in [0.29, 0.717) is 11.6 Å². The molecule has 0 saturated heterocycles. The molecular formula is C15H17BrN2O3S. The molecule has 2 rings (SSSR count). The average molecular weight is 385 g/mol. The van der Waals surface area contributed by atoms with Crippen LogP contribution in [0, 0.1) is 6.92 Å². The third-order valence-electron chi connectivity index (χ3n) is 2.78. The van der Waals surface area contributed by atoms with Gasteiger partial charge in [0.05, 0.1) is 11.0 Å². The lowest BCUT2D eigenvalue weighted by molar-refractivity contribution is 0.242. The number of benzene rings is 1. The van der Waals surface area contributed by atoms with E-state index in [2.05, 4.69) is 25.6 Å². The summed E-state index contributed by atoms with van der Waals surface area (Å²) in [7, 11) is -3.68. The van der Waals surface area contributed by atoms with E-state index >= 15 is 0 Å². The van der Waals surface area contributed by atoms with Crippen molar-refractivity contribution in [2.24, 2.45) is 0 Å². The summed E-state index contributed by atoms with van der Waals surface area (Å²) < 4.78 is 33.5. The van der Waals surface area contributed by atoms with Crippen molar-refractivity contribution in [2.45, 2.75) is 31.8 Å². The van der Waals surface area contributed by atoms with E-state index in [1.165, 1.54) is 12.1 Å². The first-order valence-corrected chi connectivity index (χ1v) is 8.97. The van der Waals surface area contributed by atoms with Crippen LogP contribution in [0.25, 0.3) is 0 Å². The minimum atomic E-state index is -3.68. The van der Waals surface area contributed by atoms with E-state index in [9.17, 15) is 8.42 Å². The molecule has 0 saturated carbocycles. The van der Waals surface area contributed by atoms with Crippen LogP contribution in [0.15, 0.2) is 45.9 Å². The number of hydrogen-bond donors (Lipinski definition) is 1. The number of pyridine rings is 1. The van der Waals surface area contributed by atoms with Crippen molar-refractivity contribution in [1.82, 2.24) is 4.98 Å². The van der Waals surface area contributed by atoms with Crippen molar-refractivity contribution in [3.8, 4) is 5.75 Å². The van der Waals surface area contributed by atoms with Crippen molar-refractivity contribution in [2.75, 3.05) is 4.72 Å². The number of ether oxygens (including phenoxy) is 1. The average Bonchev–Trinajstić information content (AvgIpc) is 2.42. The summed E-state index contributed by atoms with van der Waals surface area (Å²) >= 11 is 3.29. The lowest BCUT2D eigenvalue weighted by Gasteiger charge is -2.12. The van der Waals surface area contributed by atoms with E-state index in [4.69, 9.17) is 4.74 Å². The molecule has 1 aromatic heterocycles. The zero-order valence-electron chi connectivity index (χ0n) is 12.5. The van der Waals surface area contributed by atoms with Gasteiger partial charge in [-0.25, -0.2) is 13.4 Å². The first kappa shape index (κ1) is 16.8. The Balaban J connectivity index is 2.23. The fraction of sp³-hybridized carbons (Fsp3) is 0.267. The smallest absolute Gasteiger partial charge is 0.263 e. The monoisotopic (exact) mass is 384 g/mol. The van der Waals surface area contributed by atoms with Gasteiger partial charge >= 0.3 is 0 Å². The maximum atomic E-state index is 12.4. The highest BCUT2D eigenvalue weighted by molar-refractivity contribution is 9.10. The topological polar surface area (TPSA) is 68.3 Å². The fourth-order valence-electron chi connectivity index (χ4n) is 1.80. The van der Waals surface area contributed by atoms with Crippen LogP contribution in [0.2, 0.25) is 0 Å². The summed E-state index contributed by atoms with van der Waals surface area (Å²) in [4.78, 5) is 4.24. The van der Waals surface area contributed by atoms with Gasteiger partial charge in [-0.1, -0.05) is 0 Å². The molecule has 0 aliphatic rings. The lowest BCUT2D eigenvalue weighted by atomic mass is 10.3. The van der Waals surface area contributed by atoms with E-state index in [0.717, 1.165) is 10.0 Å². The predicted octanol–water partition coefficient (Wildman–Crippen LogP) is 3.74. The highest BCUT2D eigenvalue weighted by Crippen LogP contribution is 2.22. The fourth-order valence-corrected chi connectivity index (χ4v) is 3.33. The number of sulfonamides is 1. The van der Waals surface area contributed by atoms with Crippen molar-refractivity contribution >= 4 is 31.8 Å². The van der Waals surface area contributed by atoms with Gasteiger partial charge in [0.1, 0.15) is 11.6 Å². The number of hydrogen-bond acceptors (Lipinski definition) is 4. The summed E-state index contributed by atoms with van der Waals surface area (Å²) in [6.45, 7) is 5.61. The summed E-state index contributed by atoms with van der Waals surface area (Å²) in [6.07, 6.45) is 1.58. The van der Waals surface area contributed by atoms with Gasteiger partial charge in [-0.2, -0.15) is 0 Å². The van der Waals surface area contributed by atoms with Crippen LogP contribution in [-0.2, 0) is 10.0 Å². The van der Waals surface area contributed by atoms with Gasteiger partial charge in [-0.05, 0) is 72.6 Å². The highest BCUT2D eigenvalue weighted by atomic mass is 79.9. The minimum absolute atomic E-state index is 0.0372. The van der Waals surface area contributed by atoms with E-state index in [1.54, 1.807) is 31.3 Å². The molecule has 1 N–H and O–H groups in total. The van der Waals surface area contributed by atoms with Crippen molar-refractivity contribution in [3.63, 3.8) is 0 Å². The first-order valence-electron chi connectivity index (χ1n) is 6.69. The Kier molecular flexibility index (Phi) is 5.08. The molecule has 5 nitrogen and oxygen atoms in total. The van der Waals surface area contributed by atoms with Crippen LogP contribution in [0.3, 0.4) is 0 Å². The largest absolute Gasteiger partial charge is 0.491 e. The molecule has 118 valence electrons. The van der Waals surface area contributed by atoms with Crippen LogP contribution >= 0.6 is 15.9 Å². The van der Waals surface area contributed by atoms with Gasteiger partial charge in [0.25, 0.3) is 10.0 Å². The summed E-state index contributed by atoms with van der Waals surface area (Å²) in [5.41, 5.74) is 0.734. The SMILES string of the molecule is Cc1cc(Br)cnc1NS(=O)(=O)c1ccc(OC(C)C)cc1. The second-order valence-electron chi connectivity index (χ2n) is 5.06. The number of nitrogens with zero attached hydrogens (tertiary/aromatic N) is 1. The second kappa shape index (κ2) is 6.66. The Morgan fingerprint density at radius 2 is 1.86 bits per heavy atom. The van der Waals surface area contributed by atoms with Gasteiger partial charge in [0, 0.05) is 10.7 Å². The third-order valence-corrected chi connectivity index (χ3v) is 4.57. The summed E-state index contributed by atoms with van der Waals surface area (Å²) in [5, 5.41) is 0. The van der Waals surface area contributed by atoms with E-state index in [-0.39, 0.29) is 11.0 Å². The Morgan fingerprint density at radius 1 is 1.23 bits per heavy atom. The molecule has 0 aliphatic heterocycles. The Labute approximate surface area is 138 Å². The maximum absolute atomic E-state index is 12.4. The van der Waals surface area contributed by atoms with Crippen LogP contribution < -0.4 is 9.46 Å². The Bertz CT molecular complexity index is 759. The number of nitrogens with one attached hydrogen (secondary N) is 1. The normalized spacial score (nSPS) is 11.5. The van der Waals surface area contributed by atoms with Crippen LogP contribution in [-0.4, -0.2) is 19.5 Å². The molecule has 0 fully saturated rings. The number of rotatable bonds is 5. The molecule has 0 amide bonds. The quantitative estimate of drug-likeness (QED) is 0.852. The molecule has 0 spiro atoms. The van der Waals surface area contributed by atoms with Crippen LogP contribution in [0.5, 0.6) is 5.75 Å². The third kappa shape index (κ3) is 4.20. The van der Waals surface area contributed by atoms with Gasteiger partial charge in [-0.15, -0.1) is 0 Å². The molecule has 0 aliphatic carbocycles. The van der Waals surface area contributed by atoms with Crippen molar-refractivity contribution in [3.05, 3.63) is 46.6 Å². The summed E-state index contributed by atoms with van der Waals surface area (Å²) in [6, 6.07) is 8.08. The summed E-state index contributed by atoms with van der Waals surface area (Å²) in [5.74, 6) is 0.942. The molecule has 0 radical (unpaired) electrons. The number of aromatic nitrogens is 1. The zero-order valence-corrected chi connectivity index (χ0v) is 14.9. The standard InChI is InChI=1S/C15H17BrN2O3S/c1-10(2)21-13-4-6-14(7-5-13)22(19,20)18-15-11(3)8-12(16)9-17-15/h4-10H,1-3H3,(H,17,18). The highest BCUT2D eigenvalue weighted by Gasteiger charge is 2.16. The first-order chi connectivity index (χ1) is 10.3. The van der Waals surface area contributed by atoms with Gasteiger partial charge in [-0.3, -0.25) is 4.72 Å². The van der Waals surface area contributed by atoms with Crippen LogP contribution in [0.4, 0.5) is 5.82 Å². The molecule has 2 aromatic rings. The van der Waals surface area contributed by atoms with Gasteiger partial charge in [0.15, 0.2) is 0 Å². The van der Waals surface area contributed by atoms with Gasteiger partial charge < -0.3 is 4.74 Å². The molecule has 0 atom stereocenters. The van der Waals surface area contributed by atoms with Crippen molar-refractivity contribution < 1.29 is 13.2 Å². The van der Waals surface area contributed by atoms with Gasteiger partial charge in [0.2, 0.25) is 0 Å². The molecule has 1 aromatic carbocycles. The molecule has 0 unspecified atom stereocenters. The Hall–Kier alpha value is -1.60. The lowest BCUT2D eigenvalue weighted by Crippen LogP contribution is -2.15. The molecular weight excluding hydrogens is 368 g/mol.